The van der Waals surface area contributed by atoms with Gasteiger partial charge in [0.1, 0.15) is 5.75 Å². The molecule has 0 bridgehead atoms. The van der Waals surface area contributed by atoms with Crippen LogP contribution in [0.2, 0.25) is 0 Å². The Kier molecular flexibility index (Phi) is 6.59. The number of piperidine rings is 1. The molecule has 150 valence electrons. The molecule has 2 aliphatic heterocycles. The highest BCUT2D eigenvalue weighted by Crippen LogP contribution is 2.26. The first kappa shape index (κ1) is 19.9. The Morgan fingerprint density at radius 2 is 1.70 bits per heavy atom. The van der Waals surface area contributed by atoms with Crippen molar-refractivity contribution in [1.29, 1.82) is 0 Å². The lowest BCUT2D eigenvalue weighted by Gasteiger charge is -2.36. The monoisotopic (exact) mass is 395 g/mol. The summed E-state index contributed by atoms with van der Waals surface area (Å²) in [6.45, 7) is 3.09. The quantitative estimate of drug-likeness (QED) is 0.820. The van der Waals surface area contributed by atoms with Gasteiger partial charge in [0.2, 0.25) is 0 Å². The van der Waals surface area contributed by atoms with Gasteiger partial charge in [0.05, 0.1) is 24.7 Å². The fourth-order valence-corrected chi connectivity index (χ4v) is 4.93. The highest BCUT2D eigenvalue weighted by Gasteiger charge is 2.27. The molecule has 2 aliphatic rings. The van der Waals surface area contributed by atoms with Crippen molar-refractivity contribution in [3.05, 3.63) is 29.8 Å². The van der Waals surface area contributed by atoms with E-state index in [1.54, 1.807) is 12.0 Å². The summed E-state index contributed by atoms with van der Waals surface area (Å²) in [6, 6.07) is 7.93. The van der Waals surface area contributed by atoms with E-state index in [-0.39, 0.29) is 36.7 Å². The second-order valence-electron chi connectivity index (χ2n) is 7.21. The molecule has 0 spiro atoms. The minimum Gasteiger partial charge on any atom is -0.497 e. The van der Waals surface area contributed by atoms with Gasteiger partial charge in [0.15, 0.2) is 9.84 Å². The van der Waals surface area contributed by atoms with E-state index in [1.807, 2.05) is 12.1 Å². The zero-order chi connectivity index (χ0) is 19.3. The maximum Gasteiger partial charge on any atom is 0.317 e. The summed E-state index contributed by atoms with van der Waals surface area (Å²) >= 11 is 0. The third-order valence-electron chi connectivity index (χ3n) is 5.41. The van der Waals surface area contributed by atoms with Crippen molar-refractivity contribution < 1.29 is 17.9 Å². The van der Waals surface area contributed by atoms with E-state index in [9.17, 15) is 13.2 Å². The molecule has 0 aromatic heterocycles. The highest BCUT2D eigenvalue weighted by molar-refractivity contribution is 7.91. The number of methoxy groups -OCH3 is 1. The van der Waals surface area contributed by atoms with Gasteiger partial charge < -0.3 is 15.0 Å². The fourth-order valence-electron chi connectivity index (χ4n) is 3.73. The maximum atomic E-state index is 12.5. The Balaban J connectivity index is 1.64. The number of sulfone groups is 1. The van der Waals surface area contributed by atoms with Gasteiger partial charge >= 0.3 is 6.03 Å². The van der Waals surface area contributed by atoms with Crippen molar-refractivity contribution in [1.82, 2.24) is 15.1 Å². The van der Waals surface area contributed by atoms with Gasteiger partial charge in [-0.1, -0.05) is 18.6 Å². The molecule has 3 rings (SSSR count). The topological polar surface area (TPSA) is 79.0 Å². The van der Waals surface area contributed by atoms with E-state index >= 15 is 0 Å². The lowest BCUT2D eigenvalue weighted by molar-refractivity contribution is 0.155. The van der Waals surface area contributed by atoms with Crippen molar-refractivity contribution in [2.24, 2.45) is 0 Å². The molecule has 27 heavy (non-hydrogen) atoms. The first-order valence-electron chi connectivity index (χ1n) is 9.60. The predicted molar refractivity (Wildman–Crippen MR) is 105 cm³/mol. The van der Waals surface area contributed by atoms with Gasteiger partial charge in [-0.2, -0.15) is 0 Å². The minimum atomic E-state index is -2.99. The molecule has 1 N–H and O–H groups in total. The van der Waals surface area contributed by atoms with Crippen molar-refractivity contribution >= 4 is 15.9 Å². The third-order valence-corrected chi connectivity index (χ3v) is 7.02. The first-order valence-corrected chi connectivity index (χ1v) is 11.4. The molecule has 0 radical (unpaired) electrons. The summed E-state index contributed by atoms with van der Waals surface area (Å²) in [5.41, 5.74) is 1.15. The number of urea groups is 1. The Labute approximate surface area is 161 Å². The Morgan fingerprint density at radius 1 is 1.07 bits per heavy atom. The average molecular weight is 396 g/mol. The number of benzene rings is 1. The van der Waals surface area contributed by atoms with Crippen LogP contribution in [0.4, 0.5) is 4.79 Å². The van der Waals surface area contributed by atoms with E-state index in [0.717, 1.165) is 24.4 Å². The molecular weight excluding hydrogens is 366 g/mol. The van der Waals surface area contributed by atoms with Crippen LogP contribution in [-0.2, 0) is 9.84 Å². The molecule has 2 saturated heterocycles. The number of carbonyl (C=O) groups is 1. The van der Waals surface area contributed by atoms with Gasteiger partial charge in [-0.05, 0) is 43.6 Å². The minimum absolute atomic E-state index is 0.0501. The van der Waals surface area contributed by atoms with Crippen LogP contribution in [-0.4, -0.2) is 75.6 Å². The number of amides is 2. The number of carbonyl (C=O) groups excluding carboxylic acids is 1. The molecule has 2 heterocycles. The summed E-state index contributed by atoms with van der Waals surface area (Å²) in [5.74, 6) is 0.915. The van der Waals surface area contributed by atoms with Crippen molar-refractivity contribution in [3.8, 4) is 5.75 Å². The van der Waals surface area contributed by atoms with E-state index in [0.29, 0.717) is 6.54 Å². The number of nitrogens with one attached hydrogen (secondary N) is 1. The molecule has 7 nitrogen and oxygen atoms in total. The molecule has 0 aliphatic carbocycles. The van der Waals surface area contributed by atoms with Crippen LogP contribution < -0.4 is 10.1 Å². The Hall–Kier alpha value is -1.80. The van der Waals surface area contributed by atoms with Gasteiger partial charge in [-0.3, -0.25) is 4.90 Å². The third kappa shape index (κ3) is 5.35. The van der Waals surface area contributed by atoms with Gasteiger partial charge in [0.25, 0.3) is 0 Å². The number of hydrogen-bond acceptors (Lipinski definition) is 5. The van der Waals surface area contributed by atoms with Crippen molar-refractivity contribution in [2.45, 2.75) is 25.3 Å². The second kappa shape index (κ2) is 8.93. The molecule has 1 aromatic carbocycles. The molecular formula is C19H29N3O4S. The van der Waals surface area contributed by atoms with Gasteiger partial charge in [-0.15, -0.1) is 0 Å². The van der Waals surface area contributed by atoms with Gasteiger partial charge in [0, 0.05) is 19.6 Å². The van der Waals surface area contributed by atoms with E-state index in [4.69, 9.17) is 4.74 Å². The maximum absolute atomic E-state index is 12.5. The molecule has 2 fully saturated rings. The zero-order valence-electron chi connectivity index (χ0n) is 15.9. The summed E-state index contributed by atoms with van der Waals surface area (Å²) in [4.78, 5) is 16.5. The van der Waals surface area contributed by atoms with Crippen LogP contribution in [0.5, 0.6) is 5.75 Å². The lowest BCUT2D eigenvalue weighted by atomic mass is 10.0. The van der Waals surface area contributed by atoms with Crippen LogP contribution in [0.15, 0.2) is 24.3 Å². The van der Waals surface area contributed by atoms with Gasteiger partial charge in [-0.25, -0.2) is 13.2 Å². The Bertz CT molecular complexity index is 716. The number of hydrogen-bond donors (Lipinski definition) is 1. The smallest absolute Gasteiger partial charge is 0.317 e. The molecule has 1 unspecified atom stereocenters. The van der Waals surface area contributed by atoms with Crippen LogP contribution in [0, 0.1) is 0 Å². The molecule has 1 aromatic rings. The van der Waals surface area contributed by atoms with Crippen LogP contribution in [0.25, 0.3) is 0 Å². The first-order chi connectivity index (χ1) is 13.0. The summed E-state index contributed by atoms with van der Waals surface area (Å²) < 4.78 is 28.4. The molecule has 0 saturated carbocycles. The molecule has 8 heteroatoms. The number of rotatable bonds is 5. The fraction of sp³-hybridized carbons (Fsp3) is 0.632. The van der Waals surface area contributed by atoms with E-state index < -0.39 is 9.84 Å². The number of ether oxygens (including phenoxy) is 1. The van der Waals surface area contributed by atoms with E-state index in [2.05, 4.69) is 22.3 Å². The molecule has 2 amide bonds. The zero-order valence-corrected chi connectivity index (χ0v) is 16.7. The van der Waals surface area contributed by atoms with Crippen LogP contribution >= 0.6 is 0 Å². The Morgan fingerprint density at radius 3 is 2.30 bits per heavy atom. The van der Waals surface area contributed by atoms with Crippen molar-refractivity contribution in [3.63, 3.8) is 0 Å². The normalized spacial score (nSPS) is 21.4. The SMILES string of the molecule is COc1ccc(C(CNC(=O)N2CCS(=O)(=O)CC2)N2CCCCC2)cc1. The summed E-state index contributed by atoms with van der Waals surface area (Å²) in [7, 11) is -1.34. The lowest BCUT2D eigenvalue weighted by Crippen LogP contribution is -2.50. The largest absolute Gasteiger partial charge is 0.497 e. The summed E-state index contributed by atoms with van der Waals surface area (Å²) in [5, 5.41) is 3.02. The average Bonchev–Trinajstić information content (AvgIpc) is 2.69. The standard InChI is InChI=1S/C19H29N3O4S/c1-26-17-7-5-16(6-8-17)18(21-9-3-2-4-10-21)15-20-19(23)22-11-13-27(24,25)14-12-22/h5-8,18H,2-4,9-15H2,1H3,(H,20,23). The van der Waals surface area contributed by atoms with Crippen LogP contribution in [0.1, 0.15) is 30.9 Å². The van der Waals surface area contributed by atoms with E-state index in [1.165, 1.54) is 19.3 Å². The number of nitrogens with zero attached hydrogens (tertiary/aromatic N) is 2. The van der Waals surface area contributed by atoms with Crippen molar-refractivity contribution in [2.75, 3.05) is 51.3 Å². The molecule has 1 atom stereocenters. The number of likely N-dealkylation sites (tertiary alicyclic amines) is 1. The summed E-state index contributed by atoms with van der Waals surface area (Å²) in [6.07, 6.45) is 3.59. The predicted octanol–water partition coefficient (Wildman–Crippen LogP) is 1.66. The second-order valence-corrected chi connectivity index (χ2v) is 9.51. The highest BCUT2D eigenvalue weighted by atomic mass is 32.2. The van der Waals surface area contributed by atoms with Crippen LogP contribution in [0.3, 0.4) is 0 Å².